The first-order valence-electron chi connectivity index (χ1n) is 6.12. The van der Waals surface area contributed by atoms with Gasteiger partial charge in [0.25, 0.3) is 0 Å². The Bertz CT molecular complexity index is 530. The lowest BCUT2D eigenvalue weighted by molar-refractivity contribution is 0.417. The normalized spacial score (nSPS) is 17.5. The molecular weight excluding hydrogens is 234 g/mol. The lowest BCUT2D eigenvalue weighted by Crippen LogP contribution is -2.16. The van der Waals surface area contributed by atoms with Gasteiger partial charge < -0.3 is 9.73 Å². The summed E-state index contributed by atoms with van der Waals surface area (Å²) in [6, 6.07) is 8.18. The van der Waals surface area contributed by atoms with Crippen molar-refractivity contribution in [1.82, 2.24) is 5.32 Å². The number of furan rings is 1. The molecule has 1 aliphatic rings. The lowest BCUT2D eigenvalue weighted by Gasteiger charge is -2.12. The molecule has 1 aromatic heterocycles. The van der Waals surface area contributed by atoms with Crippen LogP contribution in [0.15, 0.2) is 28.7 Å². The van der Waals surface area contributed by atoms with Gasteiger partial charge in [-0.3, -0.25) is 0 Å². The topological polar surface area (TPSA) is 25.2 Å². The molecule has 1 aromatic carbocycles. The molecule has 1 unspecified atom stereocenters. The summed E-state index contributed by atoms with van der Waals surface area (Å²) >= 11 is 5.98. The Morgan fingerprint density at radius 2 is 2.24 bits per heavy atom. The molecule has 0 aliphatic heterocycles. The van der Waals surface area contributed by atoms with Gasteiger partial charge in [0, 0.05) is 10.4 Å². The van der Waals surface area contributed by atoms with Crippen molar-refractivity contribution in [3.05, 3.63) is 35.0 Å². The number of hydrogen-bond donors (Lipinski definition) is 1. The zero-order valence-corrected chi connectivity index (χ0v) is 10.6. The molecule has 3 heteroatoms. The van der Waals surface area contributed by atoms with Gasteiger partial charge in [0.15, 0.2) is 0 Å². The van der Waals surface area contributed by atoms with E-state index in [0.717, 1.165) is 27.7 Å². The monoisotopic (exact) mass is 249 g/mol. The van der Waals surface area contributed by atoms with Crippen LogP contribution in [0, 0.1) is 5.92 Å². The average Bonchev–Trinajstić information content (AvgIpc) is 3.04. The Morgan fingerprint density at radius 1 is 1.41 bits per heavy atom. The largest absolute Gasteiger partial charge is 0.459 e. The summed E-state index contributed by atoms with van der Waals surface area (Å²) in [5, 5.41) is 5.18. The lowest BCUT2D eigenvalue weighted by atomic mass is 10.1. The van der Waals surface area contributed by atoms with Crippen LogP contribution in [0.2, 0.25) is 5.02 Å². The Hall–Kier alpha value is -0.990. The second-order valence-corrected chi connectivity index (χ2v) is 5.29. The van der Waals surface area contributed by atoms with Gasteiger partial charge >= 0.3 is 0 Å². The molecule has 1 N–H and O–H groups in total. The summed E-state index contributed by atoms with van der Waals surface area (Å²) in [6.45, 7) is 0. The van der Waals surface area contributed by atoms with Crippen molar-refractivity contribution in [2.24, 2.45) is 5.92 Å². The van der Waals surface area contributed by atoms with Crippen LogP contribution in [0.4, 0.5) is 0 Å². The maximum atomic E-state index is 5.98. The van der Waals surface area contributed by atoms with Gasteiger partial charge in [0.1, 0.15) is 11.3 Å². The molecular formula is C14H16ClNO. The smallest absolute Gasteiger partial charge is 0.134 e. The molecule has 90 valence electrons. The average molecular weight is 250 g/mol. The summed E-state index contributed by atoms with van der Waals surface area (Å²) in [5.74, 6) is 1.90. The van der Waals surface area contributed by atoms with Gasteiger partial charge in [-0.25, -0.2) is 0 Å². The van der Waals surface area contributed by atoms with Gasteiger partial charge in [-0.2, -0.15) is 0 Å². The Morgan fingerprint density at radius 3 is 2.94 bits per heavy atom. The second-order valence-electron chi connectivity index (χ2n) is 4.85. The highest BCUT2D eigenvalue weighted by atomic mass is 35.5. The van der Waals surface area contributed by atoms with Gasteiger partial charge in [-0.15, -0.1) is 0 Å². The number of halogens is 1. The summed E-state index contributed by atoms with van der Waals surface area (Å²) in [7, 11) is 1.99. The first-order chi connectivity index (χ1) is 8.26. The summed E-state index contributed by atoms with van der Waals surface area (Å²) in [4.78, 5) is 0. The van der Waals surface area contributed by atoms with Crippen LogP contribution < -0.4 is 5.32 Å². The molecule has 0 saturated heterocycles. The van der Waals surface area contributed by atoms with Gasteiger partial charge in [0.05, 0.1) is 6.04 Å². The number of fused-ring (bicyclic) bond motifs is 1. The molecule has 0 amide bonds. The number of rotatable bonds is 4. The quantitative estimate of drug-likeness (QED) is 0.881. The summed E-state index contributed by atoms with van der Waals surface area (Å²) in [6.07, 6.45) is 3.90. The van der Waals surface area contributed by atoms with E-state index in [4.69, 9.17) is 16.0 Å². The Labute approximate surface area is 106 Å². The van der Waals surface area contributed by atoms with Crippen LogP contribution >= 0.6 is 11.6 Å². The van der Waals surface area contributed by atoms with E-state index in [1.807, 2.05) is 25.2 Å². The van der Waals surface area contributed by atoms with Gasteiger partial charge in [-0.1, -0.05) is 24.4 Å². The third-order valence-corrected chi connectivity index (χ3v) is 3.69. The van der Waals surface area contributed by atoms with Crippen LogP contribution in [0.1, 0.15) is 31.1 Å². The van der Waals surface area contributed by atoms with E-state index < -0.39 is 0 Å². The second kappa shape index (κ2) is 4.35. The van der Waals surface area contributed by atoms with Crippen molar-refractivity contribution < 1.29 is 4.42 Å². The molecule has 3 rings (SSSR count). The molecule has 1 atom stereocenters. The molecule has 1 fully saturated rings. The molecule has 0 bridgehead atoms. The molecule has 1 aliphatic carbocycles. The third kappa shape index (κ3) is 2.33. The highest BCUT2D eigenvalue weighted by molar-refractivity contribution is 6.31. The van der Waals surface area contributed by atoms with E-state index >= 15 is 0 Å². The standard InChI is InChI=1S/C14H16ClNO/c1-16-12(6-9-2-3-9)14-8-10-7-11(15)4-5-13(10)17-14/h4-5,7-9,12,16H,2-3,6H2,1H3. The molecule has 2 aromatic rings. The minimum atomic E-state index is 0.327. The van der Waals surface area contributed by atoms with Crippen LogP contribution in [0.5, 0.6) is 0 Å². The highest BCUT2D eigenvalue weighted by Crippen LogP contribution is 2.38. The van der Waals surface area contributed by atoms with Crippen LogP contribution in [-0.4, -0.2) is 7.05 Å². The van der Waals surface area contributed by atoms with Crippen molar-refractivity contribution in [3.8, 4) is 0 Å². The van der Waals surface area contributed by atoms with E-state index in [9.17, 15) is 0 Å². The van der Waals surface area contributed by atoms with Gasteiger partial charge in [0.2, 0.25) is 0 Å². The van der Waals surface area contributed by atoms with Gasteiger partial charge in [-0.05, 0) is 43.7 Å². The number of benzene rings is 1. The van der Waals surface area contributed by atoms with Crippen molar-refractivity contribution in [2.75, 3.05) is 7.05 Å². The van der Waals surface area contributed by atoms with Crippen molar-refractivity contribution in [3.63, 3.8) is 0 Å². The number of nitrogens with one attached hydrogen (secondary N) is 1. The molecule has 1 saturated carbocycles. The molecule has 2 nitrogen and oxygen atoms in total. The fraction of sp³-hybridized carbons (Fsp3) is 0.429. The molecule has 0 spiro atoms. The Kier molecular flexibility index (Phi) is 2.85. The zero-order chi connectivity index (χ0) is 11.8. The highest BCUT2D eigenvalue weighted by Gasteiger charge is 2.27. The Balaban J connectivity index is 1.92. The fourth-order valence-corrected chi connectivity index (χ4v) is 2.45. The number of hydrogen-bond acceptors (Lipinski definition) is 2. The maximum Gasteiger partial charge on any atom is 0.134 e. The fourth-order valence-electron chi connectivity index (χ4n) is 2.27. The van der Waals surface area contributed by atoms with E-state index in [2.05, 4.69) is 11.4 Å². The summed E-state index contributed by atoms with van der Waals surface area (Å²) in [5.41, 5.74) is 0.917. The van der Waals surface area contributed by atoms with Crippen molar-refractivity contribution in [1.29, 1.82) is 0 Å². The molecule has 17 heavy (non-hydrogen) atoms. The predicted molar refractivity (Wildman–Crippen MR) is 70.4 cm³/mol. The van der Waals surface area contributed by atoms with Crippen LogP contribution in [0.3, 0.4) is 0 Å². The van der Waals surface area contributed by atoms with Crippen LogP contribution in [0.25, 0.3) is 11.0 Å². The molecule has 1 heterocycles. The SMILES string of the molecule is CNC(CC1CC1)c1cc2cc(Cl)ccc2o1. The summed E-state index contributed by atoms with van der Waals surface area (Å²) < 4.78 is 5.88. The minimum absolute atomic E-state index is 0.327. The van der Waals surface area contributed by atoms with Crippen molar-refractivity contribution in [2.45, 2.75) is 25.3 Å². The van der Waals surface area contributed by atoms with E-state index in [1.165, 1.54) is 19.3 Å². The predicted octanol–water partition coefficient (Wildman–Crippen LogP) is 4.15. The third-order valence-electron chi connectivity index (χ3n) is 3.46. The minimum Gasteiger partial charge on any atom is -0.459 e. The van der Waals surface area contributed by atoms with Crippen LogP contribution in [-0.2, 0) is 0 Å². The van der Waals surface area contributed by atoms with Crippen molar-refractivity contribution >= 4 is 22.6 Å². The maximum absolute atomic E-state index is 5.98. The first kappa shape index (κ1) is 11.1. The van der Waals surface area contributed by atoms with E-state index in [1.54, 1.807) is 0 Å². The first-order valence-corrected chi connectivity index (χ1v) is 6.50. The van der Waals surface area contributed by atoms with E-state index in [-0.39, 0.29) is 0 Å². The zero-order valence-electron chi connectivity index (χ0n) is 9.87. The van der Waals surface area contributed by atoms with E-state index in [0.29, 0.717) is 6.04 Å². The molecule has 0 radical (unpaired) electrons.